The molecule has 4 rings (SSSR count). The van der Waals surface area contributed by atoms with Crippen LogP contribution in [0, 0.1) is 17.8 Å². The Labute approximate surface area is 227 Å². The van der Waals surface area contributed by atoms with Gasteiger partial charge in [0.15, 0.2) is 0 Å². The Hall–Kier alpha value is -2.17. The molecule has 3 heterocycles. The Morgan fingerprint density at radius 3 is 2.43 bits per heavy atom. The van der Waals surface area contributed by atoms with Gasteiger partial charge in [0.25, 0.3) is 0 Å². The van der Waals surface area contributed by atoms with Crippen LogP contribution in [0.1, 0.15) is 41.0 Å². The van der Waals surface area contributed by atoms with Crippen molar-refractivity contribution in [1.82, 2.24) is 4.90 Å². The molecule has 0 radical (unpaired) electrons. The highest BCUT2D eigenvalue weighted by atomic mass is 79.9. The number of carbonyl (C=O) groups is 3. The van der Waals surface area contributed by atoms with E-state index < -0.39 is 47.5 Å². The van der Waals surface area contributed by atoms with E-state index in [4.69, 9.17) is 9.47 Å². The van der Waals surface area contributed by atoms with Crippen molar-refractivity contribution in [3.05, 3.63) is 24.3 Å². The van der Waals surface area contributed by atoms with Gasteiger partial charge in [-0.05, 0) is 57.4 Å². The number of aliphatic hydroxyl groups excluding tert-OH is 1. The molecule has 3 fully saturated rings. The summed E-state index contributed by atoms with van der Waals surface area (Å²) in [6.07, 6.45) is -0.166. The molecule has 3 aliphatic heterocycles. The number of nitrogens with one attached hydrogen (secondary N) is 1. The topological polar surface area (TPSA) is 108 Å². The van der Waals surface area contributed by atoms with E-state index in [0.717, 1.165) is 18.8 Å². The number of halogens is 1. The molecule has 3 aliphatic rings. The molecule has 2 amide bonds. The fraction of sp³-hybridized carbons (Fsp3) is 0.667. The molecule has 1 aromatic rings. The summed E-state index contributed by atoms with van der Waals surface area (Å²) in [6, 6.07) is 5.98. The molecule has 0 aromatic heterocycles. The molecule has 10 heteroatoms. The normalized spacial score (nSPS) is 31.0. The minimum Gasteiger partial charge on any atom is -0.466 e. The van der Waals surface area contributed by atoms with Gasteiger partial charge < -0.3 is 29.7 Å². The lowest BCUT2D eigenvalue weighted by Crippen LogP contribution is -2.57. The molecule has 1 unspecified atom stereocenters. The second-order valence-corrected chi connectivity index (χ2v) is 11.5. The highest BCUT2D eigenvalue weighted by Crippen LogP contribution is 2.60. The third-order valence-corrected chi connectivity index (χ3v) is 8.96. The van der Waals surface area contributed by atoms with Crippen LogP contribution in [0.5, 0.6) is 0 Å². The average molecular weight is 581 g/mol. The van der Waals surface area contributed by atoms with Crippen LogP contribution in [-0.4, -0.2) is 82.7 Å². The minimum absolute atomic E-state index is 0.120. The number of alkyl halides is 1. The van der Waals surface area contributed by atoms with E-state index >= 15 is 0 Å². The number of ether oxygens (including phenoxy) is 2. The van der Waals surface area contributed by atoms with Crippen molar-refractivity contribution in [2.45, 2.75) is 69.7 Å². The molecule has 3 saturated heterocycles. The first-order valence-electron chi connectivity index (χ1n) is 13.2. The van der Waals surface area contributed by atoms with Crippen LogP contribution in [0.3, 0.4) is 0 Å². The van der Waals surface area contributed by atoms with Gasteiger partial charge in [-0.15, -0.1) is 0 Å². The average Bonchev–Trinajstić information content (AvgIpc) is 3.45. The largest absolute Gasteiger partial charge is 0.466 e. The monoisotopic (exact) mass is 579 g/mol. The number of esters is 1. The Bertz CT molecular complexity index is 1020. The molecule has 1 aromatic carbocycles. The van der Waals surface area contributed by atoms with E-state index in [1.807, 2.05) is 38.1 Å². The maximum atomic E-state index is 14.0. The Balaban J connectivity index is 1.71. The van der Waals surface area contributed by atoms with E-state index in [2.05, 4.69) is 40.0 Å². The molecule has 0 aliphatic carbocycles. The smallest absolute Gasteiger partial charge is 0.312 e. The number of carbonyl (C=O) groups excluding carboxylic acids is 3. The van der Waals surface area contributed by atoms with Crippen molar-refractivity contribution in [3.63, 3.8) is 0 Å². The van der Waals surface area contributed by atoms with Crippen LogP contribution in [0.25, 0.3) is 0 Å². The molecule has 1 spiro atoms. The summed E-state index contributed by atoms with van der Waals surface area (Å²) in [7, 11) is 0. The number of hydrogen-bond donors (Lipinski definition) is 2. The van der Waals surface area contributed by atoms with E-state index in [0.29, 0.717) is 12.1 Å². The van der Waals surface area contributed by atoms with Gasteiger partial charge in [0, 0.05) is 29.3 Å². The zero-order valence-electron chi connectivity index (χ0n) is 22.1. The van der Waals surface area contributed by atoms with Gasteiger partial charge >= 0.3 is 5.97 Å². The molecule has 7 atom stereocenters. The zero-order valence-corrected chi connectivity index (χ0v) is 23.7. The van der Waals surface area contributed by atoms with Crippen molar-refractivity contribution < 1.29 is 29.0 Å². The molecule has 2 bridgehead atoms. The molecular formula is C27H38BrN3O6. The summed E-state index contributed by atoms with van der Waals surface area (Å²) >= 11 is 3.64. The number of rotatable bonds is 10. The Kier molecular flexibility index (Phi) is 8.21. The molecular weight excluding hydrogens is 542 g/mol. The third kappa shape index (κ3) is 4.55. The second-order valence-electron chi connectivity index (χ2n) is 10.4. The van der Waals surface area contributed by atoms with Gasteiger partial charge in [-0.3, -0.25) is 14.4 Å². The predicted molar refractivity (Wildman–Crippen MR) is 144 cm³/mol. The fourth-order valence-corrected chi connectivity index (χ4v) is 7.35. The van der Waals surface area contributed by atoms with Crippen molar-refractivity contribution in [2.75, 3.05) is 36.5 Å². The first-order chi connectivity index (χ1) is 17.6. The summed E-state index contributed by atoms with van der Waals surface area (Å²) in [5.74, 6) is -3.01. The SMILES string of the molecule is CCOC(=O)[C@@H]1[C@H]2O[C@@]3(CC2Br)[C@H](C(=O)Nc2ccc(N(CC)CC)cc2)N([C@@H](CO)C(C)C)C(=O)[C@@H]13. The number of nitrogens with zero attached hydrogens (tertiary/aromatic N) is 2. The van der Waals surface area contributed by atoms with E-state index in [9.17, 15) is 19.5 Å². The van der Waals surface area contributed by atoms with Crippen molar-refractivity contribution in [3.8, 4) is 0 Å². The van der Waals surface area contributed by atoms with E-state index in [1.54, 1.807) is 6.92 Å². The van der Waals surface area contributed by atoms with Crippen LogP contribution in [0.2, 0.25) is 0 Å². The van der Waals surface area contributed by atoms with Crippen LogP contribution in [0.4, 0.5) is 11.4 Å². The Morgan fingerprint density at radius 1 is 1.24 bits per heavy atom. The summed E-state index contributed by atoms with van der Waals surface area (Å²) in [4.78, 5) is 44.4. The third-order valence-electron chi connectivity index (χ3n) is 8.11. The zero-order chi connectivity index (χ0) is 27.1. The maximum absolute atomic E-state index is 14.0. The lowest BCUT2D eigenvalue weighted by Gasteiger charge is -2.38. The second kappa shape index (κ2) is 10.9. The number of fused-ring (bicyclic) bond motifs is 1. The quantitative estimate of drug-likeness (QED) is 0.324. The molecule has 37 heavy (non-hydrogen) atoms. The predicted octanol–water partition coefficient (Wildman–Crippen LogP) is 2.80. The van der Waals surface area contributed by atoms with Crippen molar-refractivity contribution in [2.24, 2.45) is 17.8 Å². The van der Waals surface area contributed by atoms with Crippen LogP contribution >= 0.6 is 15.9 Å². The van der Waals surface area contributed by atoms with Crippen molar-refractivity contribution >= 4 is 45.1 Å². The summed E-state index contributed by atoms with van der Waals surface area (Å²) in [6.45, 7) is 11.3. The number of benzene rings is 1. The number of aliphatic hydroxyl groups is 1. The first-order valence-corrected chi connectivity index (χ1v) is 14.1. The number of likely N-dealkylation sites (tertiary alicyclic amines) is 1. The summed E-state index contributed by atoms with van der Waals surface area (Å²) < 4.78 is 11.8. The highest BCUT2D eigenvalue weighted by molar-refractivity contribution is 9.09. The van der Waals surface area contributed by atoms with Crippen LogP contribution in [0.15, 0.2) is 24.3 Å². The number of anilines is 2. The Morgan fingerprint density at radius 2 is 1.89 bits per heavy atom. The van der Waals surface area contributed by atoms with Gasteiger partial charge in [-0.1, -0.05) is 29.8 Å². The number of amides is 2. The molecule has 2 N–H and O–H groups in total. The van der Waals surface area contributed by atoms with Crippen molar-refractivity contribution in [1.29, 1.82) is 0 Å². The summed E-state index contributed by atoms with van der Waals surface area (Å²) in [5, 5.41) is 13.2. The summed E-state index contributed by atoms with van der Waals surface area (Å²) in [5.41, 5.74) is 0.459. The first kappa shape index (κ1) is 27.9. The lowest BCUT2D eigenvalue weighted by atomic mass is 9.70. The van der Waals surface area contributed by atoms with E-state index in [1.165, 1.54) is 4.90 Å². The van der Waals surface area contributed by atoms with Gasteiger partial charge in [-0.2, -0.15) is 0 Å². The molecule has 9 nitrogen and oxygen atoms in total. The van der Waals surface area contributed by atoms with Gasteiger partial charge in [0.2, 0.25) is 11.8 Å². The van der Waals surface area contributed by atoms with Gasteiger partial charge in [-0.25, -0.2) is 0 Å². The molecule has 204 valence electrons. The fourth-order valence-electron chi connectivity index (χ4n) is 6.41. The lowest BCUT2D eigenvalue weighted by molar-refractivity contribution is -0.155. The van der Waals surface area contributed by atoms with E-state index in [-0.39, 0.29) is 29.9 Å². The minimum atomic E-state index is -1.19. The molecule has 0 saturated carbocycles. The van der Waals surface area contributed by atoms with Crippen LogP contribution in [-0.2, 0) is 23.9 Å². The van der Waals surface area contributed by atoms with Gasteiger partial charge in [0.05, 0.1) is 37.2 Å². The standard InChI is InChI=1S/C27H38BrN3O6/c1-6-30(7-2)17-11-9-16(10-12-17)29-24(33)23-27-13-18(28)22(37-27)20(26(35)36-8-3)21(27)25(34)31(23)19(14-32)15(4)5/h9-12,15,18-23,32H,6-8,13-14H2,1-5H3,(H,29,33)/t18?,19-,20-,21+,22-,23-,27+/m0/s1. The number of hydrogen-bond acceptors (Lipinski definition) is 7. The maximum Gasteiger partial charge on any atom is 0.312 e. The van der Waals surface area contributed by atoms with Crippen LogP contribution < -0.4 is 10.2 Å². The van der Waals surface area contributed by atoms with Gasteiger partial charge in [0.1, 0.15) is 11.6 Å². The highest BCUT2D eigenvalue weighted by Gasteiger charge is 2.77.